The maximum absolute atomic E-state index is 10.5. The molecule has 3 rings (SSSR count). The smallest absolute Gasteiger partial charge is 0.167 e. The first kappa shape index (κ1) is 12.9. The molecule has 2 heterocycles. The van der Waals surface area contributed by atoms with Crippen LogP contribution in [0, 0.1) is 0 Å². The minimum atomic E-state index is -0.693. The molecule has 6 nitrogen and oxygen atoms in total. The van der Waals surface area contributed by atoms with Crippen molar-refractivity contribution in [1.29, 1.82) is 0 Å². The molecule has 0 bridgehead atoms. The van der Waals surface area contributed by atoms with Gasteiger partial charge in [0.2, 0.25) is 0 Å². The van der Waals surface area contributed by atoms with E-state index in [1.807, 2.05) is 25.1 Å². The minimum Gasteiger partial charge on any atom is -0.486 e. The summed E-state index contributed by atoms with van der Waals surface area (Å²) in [6.07, 6.45) is 1.21. The zero-order chi connectivity index (χ0) is 13.9. The largest absolute Gasteiger partial charge is 0.486 e. The molecule has 106 valence electrons. The lowest BCUT2D eigenvalue weighted by molar-refractivity contribution is 0.144. The van der Waals surface area contributed by atoms with Gasteiger partial charge in [-0.3, -0.25) is 4.68 Å². The number of rotatable bonds is 4. The van der Waals surface area contributed by atoms with E-state index in [2.05, 4.69) is 10.1 Å². The predicted molar refractivity (Wildman–Crippen MR) is 71.8 cm³/mol. The highest BCUT2D eigenvalue weighted by Crippen LogP contribution is 2.37. The third kappa shape index (κ3) is 2.34. The van der Waals surface area contributed by atoms with Crippen LogP contribution >= 0.6 is 0 Å². The van der Waals surface area contributed by atoms with Gasteiger partial charge in [-0.15, -0.1) is 0 Å². The molecular formula is C14H17N3O3. The summed E-state index contributed by atoms with van der Waals surface area (Å²) in [6, 6.07) is 5.56. The summed E-state index contributed by atoms with van der Waals surface area (Å²) in [5, 5.41) is 14.6. The van der Waals surface area contributed by atoms with E-state index in [-0.39, 0.29) is 0 Å². The fraction of sp³-hybridized carbons (Fsp3) is 0.429. The van der Waals surface area contributed by atoms with Crippen LogP contribution < -0.4 is 9.47 Å². The van der Waals surface area contributed by atoms with E-state index in [0.29, 0.717) is 31.1 Å². The summed E-state index contributed by atoms with van der Waals surface area (Å²) < 4.78 is 12.9. The maximum Gasteiger partial charge on any atom is 0.167 e. The molecule has 0 fully saturated rings. The normalized spacial score (nSPS) is 15.1. The van der Waals surface area contributed by atoms with Crippen molar-refractivity contribution in [2.75, 3.05) is 13.2 Å². The Morgan fingerprint density at radius 2 is 2.20 bits per heavy atom. The third-order valence-corrected chi connectivity index (χ3v) is 3.33. The highest BCUT2D eigenvalue weighted by atomic mass is 16.6. The molecule has 0 aliphatic carbocycles. The van der Waals surface area contributed by atoms with Gasteiger partial charge in [0.15, 0.2) is 11.5 Å². The van der Waals surface area contributed by atoms with Gasteiger partial charge in [0, 0.05) is 18.5 Å². The minimum absolute atomic E-state index is 0.396. The van der Waals surface area contributed by atoms with Crippen molar-refractivity contribution in [1.82, 2.24) is 14.8 Å². The van der Waals surface area contributed by atoms with E-state index in [1.54, 1.807) is 4.68 Å². The molecule has 1 aliphatic heterocycles. The van der Waals surface area contributed by atoms with E-state index < -0.39 is 6.10 Å². The zero-order valence-corrected chi connectivity index (χ0v) is 11.3. The standard InChI is InChI=1S/C14H17N3O3/c1-2-17-13(15-9-16-17)8-11(18)10-4-3-5-12-14(10)20-7-6-19-12/h3-5,9,11,18H,2,6-8H2,1H3. The average Bonchev–Trinajstić information content (AvgIpc) is 2.93. The van der Waals surface area contributed by atoms with Gasteiger partial charge in [-0.1, -0.05) is 12.1 Å². The van der Waals surface area contributed by atoms with Gasteiger partial charge in [-0.25, -0.2) is 4.98 Å². The average molecular weight is 275 g/mol. The number of aliphatic hydroxyl groups excluding tert-OH is 1. The molecule has 1 aliphatic rings. The zero-order valence-electron chi connectivity index (χ0n) is 11.3. The van der Waals surface area contributed by atoms with Crippen molar-refractivity contribution >= 4 is 0 Å². The van der Waals surface area contributed by atoms with Gasteiger partial charge in [-0.2, -0.15) is 5.10 Å². The fourth-order valence-electron chi connectivity index (χ4n) is 2.35. The lowest BCUT2D eigenvalue weighted by Gasteiger charge is -2.23. The molecule has 1 aromatic heterocycles. The first-order valence-corrected chi connectivity index (χ1v) is 6.73. The highest BCUT2D eigenvalue weighted by Gasteiger charge is 2.22. The second-order valence-electron chi connectivity index (χ2n) is 4.58. The van der Waals surface area contributed by atoms with Crippen molar-refractivity contribution < 1.29 is 14.6 Å². The molecule has 1 atom stereocenters. The highest BCUT2D eigenvalue weighted by molar-refractivity contribution is 5.48. The lowest BCUT2D eigenvalue weighted by atomic mass is 10.0. The molecule has 0 radical (unpaired) electrons. The molecule has 1 N–H and O–H groups in total. The summed E-state index contributed by atoms with van der Waals surface area (Å²) in [5.74, 6) is 2.08. The summed E-state index contributed by atoms with van der Waals surface area (Å²) in [6.45, 7) is 3.76. The summed E-state index contributed by atoms with van der Waals surface area (Å²) in [7, 11) is 0. The number of hydrogen-bond acceptors (Lipinski definition) is 5. The first-order chi connectivity index (χ1) is 9.79. The number of aryl methyl sites for hydroxylation is 1. The summed E-state index contributed by atoms with van der Waals surface area (Å²) >= 11 is 0. The van der Waals surface area contributed by atoms with Crippen LogP contribution in [0.4, 0.5) is 0 Å². The van der Waals surface area contributed by atoms with E-state index in [9.17, 15) is 5.11 Å². The van der Waals surface area contributed by atoms with E-state index >= 15 is 0 Å². The Morgan fingerprint density at radius 1 is 1.35 bits per heavy atom. The Labute approximate surface area is 117 Å². The molecule has 0 spiro atoms. The Balaban J connectivity index is 1.86. The van der Waals surface area contributed by atoms with Crippen LogP contribution in [0.3, 0.4) is 0 Å². The van der Waals surface area contributed by atoms with Crippen LogP contribution in [0.5, 0.6) is 11.5 Å². The second kappa shape index (κ2) is 5.50. The van der Waals surface area contributed by atoms with E-state index in [4.69, 9.17) is 9.47 Å². The van der Waals surface area contributed by atoms with Gasteiger partial charge in [-0.05, 0) is 13.0 Å². The molecule has 0 amide bonds. The van der Waals surface area contributed by atoms with Crippen molar-refractivity contribution in [3.63, 3.8) is 0 Å². The van der Waals surface area contributed by atoms with E-state index in [1.165, 1.54) is 6.33 Å². The number of aromatic nitrogens is 3. The second-order valence-corrected chi connectivity index (χ2v) is 4.58. The van der Waals surface area contributed by atoms with Gasteiger partial charge in [0.25, 0.3) is 0 Å². The SMILES string of the molecule is CCn1ncnc1CC(O)c1cccc2c1OCCO2. The number of hydrogen-bond donors (Lipinski definition) is 1. The third-order valence-electron chi connectivity index (χ3n) is 3.33. The fourth-order valence-corrected chi connectivity index (χ4v) is 2.35. The van der Waals surface area contributed by atoms with Gasteiger partial charge in [0.1, 0.15) is 25.4 Å². The number of fused-ring (bicyclic) bond motifs is 1. The van der Waals surface area contributed by atoms with Crippen molar-refractivity contribution in [2.24, 2.45) is 0 Å². The number of benzene rings is 1. The molecule has 1 unspecified atom stereocenters. The Bertz CT molecular complexity index is 597. The van der Waals surface area contributed by atoms with Crippen LogP contribution in [0.1, 0.15) is 24.4 Å². The van der Waals surface area contributed by atoms with Gasteiger partial charge >= 0.3 is 0 Å². The van der Waals surface area contributed by atoms with Crippen LogP contribution in [-0.4, -0.2) is 33.1 Å². The molecular weight excluding hydrogens is 258 g/mol. The molecule has 1 aromatic carbocycles. The predicted octanol–water partition coefficient (Wildman–Crippen LogP) is 1.35. The summed E-state index contributed by atoms with van der Waals surface area (Å²) in [4.78, 5) is 4.18. The molecule has 2 aromatic rings. The Morgan fingerprint density at radius 3 is 3.05 bits per heavy atom. The monoisotopic (exact) mass is 275 g/mol. The molecule has 0 saturated heterocycles. The quantitative estimate of drug-likeness (QED) is 0.912. The number of nitrogens with zero attached hydrogens (tertiary/aromatic N) is 3. The van der Waals surface area contributed by atoms with Crippen molar-refractivity contribution in [3.8, 4) is 11.5 Å². The van der Waals surface area contributed by atoms with Crippen molar-refractivity contribution in [3.05, 3.63) is 35.9 Å². The van der Waals surface area contributed by atoms with Crippen LogP contribution in [-0.2, 0) is 13.0 Å². The van der Waals surface area contributed by atoms with Gasteiger partial charge < -0.3 is 14.6 Å². The number of ether oxygens (including phenoxy) is 2. The maximum atomic E-state index is 10.5. The molecule has 0 saturated carbocycles. The van der Waals surface area contributed by atoms with Crippen LogP contribution in [0.15, 0.2) is 24.5 Å². The lowest BCUT2D eigenvalue weighted by Crippen LogP contribution is -2.18. The van der Waals surface area contributed by atoms with Crippen LogP contribution in [0.25, 0.3) is 0 Å². The Kier molecular flexibility index (Phi) is 3.56. The molecule has 6 heteroatoms. The number of aliphatic hydroxyl groups is 1. The number of para-hydroxylation sites is 1. The van der Waals surface area contributed by atoms with Crippen LogP contribution in [0.2, 0.25) is 0 Å². The topological polar surface area (TPSA) is 69.4 Å². The van der Waals surface area contributed by atoms with Crippen molar-refractivity contribution in [2.45, 2.75) is 26.0 Å². The summed E-state index contributed by atoms with van der Waals surface area (Å²) in [5.41, 5.74) is 0.729. The van der Waals surface area contributed by atoms with Gasteiger partial charge in [0.05, 0.1) is 6.10 Å². The first-order valence-electron chi connectivity index (χ1n) is 6.73. The molecule has 20 heavy (non-hydrogen) atoms. The van der Waals surface area contributed by atoms with E-state index in [0.717, 1.165) is 17.9 Å². The Hall–Kier alpha value is -2.08.